The molecule has 0 radical (unpaired) electrons. The molecular weight excluding hydrogens is 312 g/mol. The topological polar surface area (TPSA) is 91.7 Å². The van der Waals surface area contributed by atoms with E-state index in [-0.39, 0.29) is 0 Å². The van der Waals surface area contributed by atoms with E-state index in [1.807, 2.05) is 19.1 Å². The third-order valence-electron chi connectivity index (χ3n) is 2.39. The third kappa shape index (κ3) is 17.1. The molecule has 3 N–H and O–H groups in total. The molecule has 0 aromatic carbocycles. The van der Waals surface area contributed by atoms with Gasteiger partial charge in [0, 0.05) is 23.5 Å². The van der Waals surface area contributed by atoms with Gasteiger partial charge in [0.15, 0.2) is 0 Å². The minimum atomic E-state index is -3.83. The summed E-state index contributed by atoms with van der Waals surface area (Å²) in [7, 11) is -3.83. The van der Waals surface area contributed by atoms with Crippen molar-refractivity contribution in [3.8, 4) is 5.88 Å². The van der Waals surface area contributed by atoms with Crippen molar-refractivity contribution in [1.82, 2.24) is 10.3 Å². The van der Waals surface area contributed by atoms with Gasteiger partial charge >= 0.3 is 0 Å². The van der Waals surface area contributed by atoms with Crippen molar-refractivity contribution >= 4 is 20.2 Å². The number of nitrogens with one attached hydrogen (secondary N) is 1. The molecule has 8 heteroatoms. The predicted molar refractivity (Wildman–Crippen MR) is 87.6 cm³/mol. The molecule has 0 unspecified atom stereocenters. The molecule has 0 bridgehead atoms. The molecule has 0 fully saturated rings. The maximum absolute atomic E-state index is 9.11. The molecule has 0 aliphatic heterocycles. The van der Waals surface area contributed by atoms with E-state index in [2.05, 4.69) is 28.4 Å². The molecule has 6 nitrogen and oxygen atoms in total. The van der Waals surface area contributed by atoms with E-state index in [1.165, 1.54) is 18.4 Å². The van der Waals surface area contributed by atoms with Gasteiger partial charge < -0.3 is 10.1 Å². The zero-order chi connectivity index (χ0) is 16.1. The van der Waals surface area contributed by atoms with Crippen LogP contribution in [0.1, 0.15) is 31.7 Å². The highest BCUT2D eigenvalue weighted by molar-refractivity contribution is 8.26. The molecule has 1 aromatic rings. The van der Waals surface area contributed by atoms with Crippen LogP contribution in [0.5, 0.6) is 5.88 Å². The second-order valence-electron chi connectivity index (χ2n) is 4.38. The summed E-state index contributed by atoms with van der Waals surface area (Å²) >= 11 is 3.47. The molecule has 0 aliphatic carbocycles. The van der Waals surface area contributed by atoms with Crippen molar-refractivity contribution in [2.75, 3.05) is 19.7 Å². The minimum Gasteiger partial charge on any atom is -0.478 e. The van der Waals surface area contributed by atoms with Gasteiger partial charge in [0.2, 0.25) is 5.88 Å². The molecule has 21 heavy (non-hydrogen) atoms. The first-order valence-electron chi connectivity index (χ1n) is 6.79. The lowest BCUT2D eigenvalue weighted by Crippen LogP contribution is -2.14. The van der Waals surface area contributed by atoms with Crippen LogP contribution in [0.25, 0.3) is 0 Å². The summed E-state index contributed by atoms with van der Waals surface area (Å²) in [6.45, 7) is 7.11. The number of unbranched alkanes of at least 4 members (excludes halogenated alkanes) is 2. The standard InChI is InChI=1S/C13H22N2O.H2O3S2/c1-3-14-8-5-4-6-10-16-13-11-12(2)7-9-15-13;1-5(2,3)4/h7,9,11,14H,3-6,8,10H2,1-2H3;(H2,1,2,3,4). The first-order chi connectivity index (χ1) is 9.83. The first kappa shape index (κ1) is 20.2. The largest absolute Gasteiger partial charge is 0.478 e. The third-order valence-corrected chi connectivity index (χ3v) is 2.39. The minimum absolute atomic E-state index is 0.742. The van der Waals surface area contributed by atoms with Crippen LogP contribution in [0, 0.1) is 6.92 Å². The lowest BCUT2D eigenvalue weighted by Gasteiger charge is -2.05. The summed E-state index contributed by atoms with van der Waals surface area (Å²) in [5.74, 6) is 0.742. The lowest BCUT2D eigenvalue weighted by molar-refractivity contribution is 0.293. The Morgan fingerprint density at radius 2 is 2.05 bits per heavy atom. The van der Waals surface area contributed by atoms with E-state index in [4.69, 9.17) is 18.1 Å². The molecular formula is C13H24N2O4S2. The number of aryl methyl sites for hydroxylation is 1. The Kier molecular flexibility index (Phi) is 11.4. The number of nitrogens with zero attached hydrogens (tertiary/aromatic N) is 1. The summed E-state index contributed by atoms with van der Waals surface area (Å²) < 4.78 is 29.5. The van der Waals surface area contributed by atoms with E-state index >= 15 is 0 Å². The van der Waals surface area contributed by atoms with E-state index in [0.29, 0.717) is 0 Å². The maximum Gasteiger partial charge on any atom is 0.263 e. The predicted octanol–water partition coefficient (Wildman–Crippen LogP) is 2.23. The smallest absolute Gasteiger partial charge is 0.263 e. The summed E-state index contributed by atoms with van der Waals surface area (Å²) in [6, 6.07) is 3.95. The second kappa shape index (κ2) is 11.8. The van der Waals surface area contributed by atoms with Crippen LogP contribution in [0.3, 0.4) is 0 Å². The van der Waals surface area contributed by atoms with E-state index in [1.54, 1.807) is 6.20 Å². The van der Waals surface area contributed by atoms with Crippen LogP contribution in [-0.4, -0.2) is 38.0 Å². The molecule has 0 aliphatic rings. The normalized spacial score (nSPS) is 10.7. The van der Waals surface area contributed by atoms with Gasteiger partial charge in [0.25, 0.3) is 9.05 Å². The van der Waals surface area contributed by atoms with Crippen molar-refractivity contribution in [2.45, 2.75) is 33.1 Å². The molecule has 1 heterocycles. The van der Waals surface area contributed by atoms with Crippen molar-refractivity contribution in [3.05, 3.63) is 23.9 Å². The molecule has 0 saturated carbocycles. The molecule has 122 valence electrons. The van der Waals surface area contributed by atoms with Gasteiger partial charge in [0.1, 0.15) is 0 Å². The van der Waals surface area contributed by atoms with Gasteiger partial charge in [-0.25, -0.2) is 4.98 Å². The number of hydrogen-bond donors (Lipinski definition) is 3. The van der Waals surface area contributed by atoms with Crippen LogP contribution < -0.4 is 10.1 Å². The maximum atomic E-state index is 9.11. The van der Waals surface area contributed by atoms with Crippen molar-refractivity contribution in [1.29, 1.82) is 0 Å². The molecule has 0 spiro atoms. The Hall–Kier alpha value is -0.800. The zero-order valence-electron chi connectivity index (χ0n) is 12.4. The highest BCUT2D eigenvalue weighted by atomic mass is 32.9. The fourth-order valence-corrected chi connectivity index (χ4v) is 1.47. The number of rotatable bonds is 8. The summed E-state index contributed by atoms with van der Waals surface area (Å²) in [4.78, 5) is 4.15. The quantitative estimate of drug-likeness (QED) is 0.627. The number of hydrogen-bond acceptors (Lipinski definition) is 5. The van der Waals surface area contributed by atoms with Crippen LogP contribution in [0.2, 0.25) is 0 Å². The zero-order valence-corrected chi connectivity index (χ0v) is 14.1. The second-order valence-corrected chi connectivity index (χ2v) is 6.58. The number of ether oxygens (including phenoxy) is 1. The van der Waals surface area contributed by atoms with Crippen LogP contribution in [0.15, 0.2) is 18.3 Å². The van der Waals surface area contributed by atoms with Gasteiger partial charge in [-0.05, 0) is 50.9 Å². The Balaban J connectivity index is 0.000000690. The Morgan fingerprint density at radius 3 is 2.62 bits per heavy atom. The van der Waals surface area contributed by atoms with Gasteiger partial charge in [-0.1, -0.05) is 6.92 Å². The summed E-state index contributed by atoms with van der Waals surface area (Å²) in [6.07, 6.45) is 5.31. The highest BCUT2D eigenvalue weighted by Gasteiger charge is 1.95. The summed E-state index contributed by atoms with van der Waals surface area (Å²) in [5, 5.41) is 3.31. The van der Waals surface area contributed by atoms with Gasteiger partial charge in [-0.2, -0.15) is 4.21 Å². The van der Waals surface area contributed by atoms with Gasteiger partial charge in [-0.3, -0.25) is 9.11 Å². The monoisotopic (exact) mass is 336 g/mol. The highest BCUT2D eigenvalue weighted by Crippen LogP contribution is 2.08. The molecule has 0 saturated heterocycles. The molecule has 0 atom stereocenters. The van der Waals surface area contributed by atoms with Crippen LogP contribution in [-0.2, 0) is 20.2 Å². The van der Waals surface area contributed by atoms with Crippen LogP contribution in [0.4, 0.5) is 0 Å². The lowest BCUT2D eigenvalue weighted by atomic mass is 10.2. The van der Waals surface area contributed by atoms with Crippen molar-refractivity contribution < 1.29 is 18.1 Å². The van der Waals surface area contributed by atoms with Crippen molar-refractivity contribution in [2.24, 2.45) is 0 Å². The Bertz CT molecular complexity index is 473. The van der Waals surface area contributed by atoms with E-state index in [9.17, 15) is 0 Å². The van der Waals surface area contributed by atoms with Gasteiger partial charge in [-0.15, -0.1) is 0 Å². The average Bonchev–Trinajstić information content (AvgIpc) is 2.36. The first-order valence-corrected chi connectivity index (χ1v) is 9.18. The number of aromatic nitrogens is 1. The SMILES string of the molecule is CCNCCCCCOc1cc(C)ccn1.O=S(O)(O)=S. The van der Waals surface area contributed by atoms with Crippen LogP contribution >= 0.6 is 0 Å². The van der Waals surface area contributed by atoms with Gasteiger partial charge in [0.05, 0.1) is 6.61 Å². The molecule has 0 amide bonds. The molecule has 1 rings (SSSR count). The Labute approximate surface area is 131 Å². The van der Waals surface area contributed by atoms with E-state index in [0.717, 1.165) is 32.0 Å². The summed E-state index contributed by atoms with van der Waals surface area (Å²) in [5.41, 5.74) is 1.19. The molecule has 1 aromatic heterocycles. The fourth-order valence-electron chi connectivity index (χ4n) is 1.47. The van der Waals surface area contributed by atoms with E-state index < -0.39 is 9.05 Å². The van der Waals surface area contributed by atoms with Crippen molar-refractivity contribution in [3.63, 3.8) is 0 Å². The average molecular weight is 336 g/mol. The Morgan fingerprint density at radius 1 is 1.38 bits per heavy atom. The fraction of sp³-hybridized carbons (Fsp3) is 0.615. The number of pyridine rings is 1.